The highest BCUT2D eigenvalue weighted by molar-refractivity contribution is 5.90. The molecule has 2 aliphatic rings. The smallest absolute Gasteiger partial charge is 0.245 e. The van der Waals surface area contributed by atoms with E-state index in [1.165, 1.54) is 0 Å². The molecule has 0 aliphatic carbocycles. The average Bonchev–Trinajstić information content (AvgIpc) is 3.96. The van der Waals surface area contributed by atoms with Crippen molar-refractivity contribution >= 4 is 33.9 Å². The van der Waals surface area contributed by atoms with Crippen molar-refractivity contribution in [2.75, 3.05) is 47.8 Å². The lowest BCUT2D eigenvalue weighted by Gasteiger charge is -2.31. The molecule has 12 nitrogen and oxygen atoms in total. The average molecular weight is 686 g/mol. The first-order valence-electron chi connectivity index (χ1n) is 17.7. The summed E-state index contributed by atoms with van der Waals surface area (Å²) >= 11 is 0. The maximum atomic E-state index is 14.0. The van der Waals surface area contributed by atoms with Crippen LogP contribution in [0.15, 0.2) is 77.3 Å². The second-order valence-corrected chi connectivity index (χ2v) is 14.2. The van der Waals surface area contributed by atoms with E-state index >= 15 is 0 Å². The van der Waals surface area contributed by atoms with Crippen LogP contribution in [-0.4, -0.2) is 104 Å². The lowest BCUT2D eigenvalue weighted by atomic mass is 10.0. The molecule has 2 fully saturated rings. The molecule has 2 saturated heterocycles. The lowest BCUT2D eigenvalue weighted by Crippen LogP contribution is -2.40. The maximum absolute atomic E-state index is 14.0. The number of aromatic nitrogens is 5. The van der Waals surface area contributed by atoms with Crippen molar-refractivity contribution in [1.29, 1.82) is 0 Å². The first kappa shape index (κ1) is 32.9. The zero-order valence-corrected chi connectivity index (χ0v) is 29.5. The third-order valence-electron chi connectivity index (χ3n) is 10.1. The number of oxazole rings is 1. The van der Waals surface area contributed by atoms with Crippen LogP contribution < -0.4 is 0 Å². The van der Waals surface area contributed by atoms with E-state index in [0.29, 0.717) is 24.7 Å². The van der Waals surface area contributed by atoms with E-state index in [2.05, 4.69) is 15.0 Å². The summed E-state index contributed by atoms with van der Waals surface area (Å²) < 4.78 is 6.37. The van der Waals surface area contributed by atoms with E-state index < -0.39 is 0 Å². The van der Waals surface area contributed by atoms with Crippen LogP contribution in [-0.2, 0) is 9.59 Å². The Bertz CT molecular complexity index is 2200. The molecule has 0 spiro atoms. The zero-order chi connectivity index (χ0) is 35.2. The quantitative estimate of drug-likeness (QED) is 0.191. The van der Waals surface area contributed by atoms with Gasteiger partial charge in [-0.15, -0.1) is 0 Å². The van der Waals surface area contributed by atoms with Crippen LogP contribution in [0.1, 0.15) is 61.0 Å². The number of fused-ring (bicyclic) bond motifs is 2. The molecule has 0 radical (unpaired) electrons. The number of H-pyrrole nitrogens is 2. The Morgan fingerprint density at radius 1 is 0.863 bits per heavy atom. The Labute approximate surface area is 296 Å². The Morgan fingerprint density at radius 2 is 1.59 bits per heavy atom. The Balaban J connectivity index is 1.04. The van der Waals surface area contributed by atoms with E-state index in [1.54, 1.807) is 6.20 Å². The number of nitrogens with one attached hydrogen (secondary N) is 2. The number of rotatable bonds is 9. The van der Waals surface area contributed by atoms with Crippen molar-refractivity contribution in [3.8, 4) is 22.8 Å². The van der Waals surface area contributed by atoms with Crippen molar-refractivity contribution in [3.05, 3.63) is 90.1 Å². The Morgan fingerprint density at radius 3 is 2.35 bits per heavy atom. The van der Waals surface area contributed by atoms with Crippen LogP contribution in [0.5, 0.6) is 0 Å². The van der Waals surface area contributed by atoms with Gasteiger partial charge in [-0.2, -0.15) is 0 Å². The van der Waals surface area contributed by atoms with Crippen molar-refractivity contribution in [2.24, 2.45) is 0 Å². The number of aromatic amines is 2. The van der Waals surface area contributed by atoms with Gasteiger partial charge < -0.3 is 29.1 Å². The molecule has 0 saturated carbocycles. The molecule has 51 heavy (non-hydrogen) atoms. The van der Waals surface area contributed by atoms with Crippen LogP contribution in [0.4, 0.5) is 0 Å². The van der Waals surface area contributed by atoms with Crippen molar-refractivity contribution in [2.45, 2.75) is 43.8 Å². The predicted octanol–water partition coefficient (Wildman–Crippen LogP) is 5.95. The number of likely N-dealkylation sites (tertiary alicyclic amines) is 2. The number of likely N-dealkylation sites (N-methyl/N-ethyl adjacent to an activating group) is 2. The van der Waals surface area contributed by atoms with Crippen LogP contribution in [0.2, 0.25) is 0 Å². The summed E-state index contributed by atoms with van der Waals surface area (Å²) in [6, 6.07) is 21.3. The number of hydrogen-bond donors (Lipinski definition) is 2. The largest absolute Gasteiger partial charge is 0.436 e. The molecule has 12 heteroatoms. The molecular formula is C39H43N9O3. The van der Waals surface area contributed by atoms with Crippen molar-refractivity contribution in [1.82, 2.24) is 44.5 Å². The highest BCUT2D eigenvalue weighted by atomic mass is 16.4. The van der Waals surface area contributed by atoms with Gasteiger partial charge in [-0.25, -0.2) is 15.0 Å². The summed E-state index contributed by atoms with van der Waals surface area (Å²) in [4.78, 5) is 56.3. The SMILES string of the molecule is CN(C)CC(=O)N1CCC[C@H]1c1nc2c(-c3ncc(-c4ccc5nc([C@@H]6CCCN6C(=O)C(c6ccccc6)N(C)C)[nH]c5c4)o3)cccc2[nH]1. The summed E-state index contributed by atoms with van der Waals surface area (Å²) in [5.74, 6) is 2.87. The molecule has 3 atom stereocenters. The van der Waals surface area contributed by atoms with E-state index in [9.17, 15) is 9.59 Å². The number of imidazole rings is 2. The molecular weight excluding hydrogens is 642 g/mol. The van der Waals surface area contributed by atoms with E-state index in [4.69, 9.17) is 14.4 Å². The van der Waals surface area contributed by atoms with Gasteiger partial charge >= 0.3 is 0 Å². The third kappa shape index (κ3) is 6.19. The lowest BCUT2D eigenvalue weighted by molar-refractivity contribution is -0.137. The highest BCUT2D eigenvalue weighted by Gasteiger charge is 2.37. The number of para-hydroxylation sites is 1. The van der Waals surface area contributed by atoms with E-state index in [1.807, 2.05) is 115 Å². The molecule has 8 rings (SSSR count). The van der Waals surface area contributed by atoms with Crippen LogP contribution in [0.3, 0.4) is 0 Å². The first-order valence-corrected chi connectivity index (χ1v) is 17.7. The van der Waals surface area contributed by atoms with Crippen LogP contribution >= 0.6 is 0 Å². The van der Waals surface area contributed by atoms with Gasteiger partial charge in [0.05, 0.1) is 46.9 Å². The summed E-state index contributed by atoms with van der Waals surface area (Å²) in [7, 11) is 7.72. The molecule has 1 unspecified atom stereocenters. The van der Waals surface area contributed by atoms with Gasteiger partial charge in [-0.05, 0) is 89.8 Å². The number of hydrogen-bond acceptors (Lipinski definition) is 8. The highest BCUT2D eigenvalue weighted by Crippen LogP contribution is 2.37. The number of carbonyl (C=O) groups is 2. The first-order chi connectivity index (χ1) is 24.7. The molecule has 262 valence electrons. The normalized spacial score (nSPS) is 18.5. The summed E-state index contributed by atoms with van der Waals surface area (Å²) in [5, 5.41) is 0. The second-order valence-electron chi connectivity index (χ2n) is 14.2. The fraction of sp³-hybridized carbons (Fsp3) is 0.359. The molecule has 2 N–H and O–H groups in total. The Hall–Kier alpha value is -5.33. The van der Waals surface area contributed by atoms with Crippen LogP contribution in [0, 0.1) is 0 Å². The van der Waals surface area contributed by atoms with Gasteiger partial charge in [0.1, 0.15) is 23.2 Å². The number of nitrogens with zero attached hydrogens (tertiary/aromatic N) is 7. The van der Waals surface area contributed by atoms with Crippen LogP contribution in [0.25, 0.3) is 44.8 Å². The maximum Gasteiger partial charge on any atom is 0.245 e. The zero-order valence-electron chi connectivity index (χ0n) is 29.5. The predicted molar refractivity (Wildman–Crippen MR) is 195 cm³/mol. The molecule has 3 aromatic carbocycles. The monoisotopic (exact) mass is 685 g/mol. The topological polar surface area (TPSA) is 130 Å². The standard InChI is InChI=1S/C39H43N9O3/c1-45(2)23-33(49)47-19-9-15-30(47)37-42-28-14-8-13-26(34(28)44-37)38-40-22-32(51-38)25-17-18-27-29(21-25)43-36(41-27)31-16-10-20-48(31)39(50)35(46(3)4)24-11-6-5-7-12-24/h5-8,11-14,17-18,21-22,30-31,35H,9-10,15-16,19-20,23H2,1-4H3,(H,41,43)(H,42,44)/t30-,31-,35?/m0/s1. The van der Waals surface area contributed by atoms with Crippen molar-refractivity contribution in [3.63, 3.8) is 0 Å². The number of amides is 2. The number of benzene rings is 3. The summed E-state index contributed by atoms with van der Waals surface area (Å²) in [5.41, 5.74) is 5.98. The molecule has 2 amide bonds. The molecule has 6 aromatic rings. The van der Waals surface area contributed by atoms with Gasteiger partial charge in [0.25, 0.3) is 0 Å². The summed E-state index contributed by atoms with van der Waals surface area (Å²) in [6.45, 7) is 1.80. The number of carbonyl (C=O) groups excluding carboxylic acids is 2. The van der Waals surface area contributed by atoms with Crippen molar-refractivity contribution < 1.29 is 14.0 Å². The fourth-order valence-corrected chi connectivity index (χ4v) is 7.73. The molecule has 0 bridgehead atoms. The third-order valence-corrected chi connectivity index (χ3v) is 10.1. The Kier molecular flexibility index (Phi) is 8.64. The molecule has 5 heterocycles. The molecule has 2 aliphatic heterocycles. The summed E-state index contributed by atoms with van der Waals surface area (Å²) in [6.07, 6.45) is 5.33. The van der Waals surface area contributed by atoms with Gasteiger partial charge in [0, 0.05) is 18.7 Å². The molecule has 3 aromatic heterocycles. The minimum Gasteiger partial charge on any atom is -0.436 e. The van der Waals surface area contributed by atoms with E-state index in [-0.39, 0.29) is 29.9 Å². The van der Waals surface area contributed by atoms with Gasteiger partial charge in [0.2, 0.25) is 17.7 Å². The van der Waals surface area contributed by atoms with Gasteiger partial charge in [0.15, 0.2) is 5.76 Å². The van der Waals surface area contributed by atoms with Gasteiger partial charge in [-0.3, -0.25) is 14.5 Å². The fourth-order valence-electron chi connectivity index (χ4n) is 7.73. The van der Waals surface area contributed by atoms with Gasteiger partial charge in [-0.1, -0.05) is 36.4 Å². The minimum absolute atomic E-state index is 0.0847. The van der Waals surface area contributed by atoms with E-state index in [0.717, 1.165) is 82.6 Å². The second kappa shape index (κ2) is 13.4. The minimum atomic E-state index is -0.364.